The van der Waals surface area contributed by atoms with Crippen LogP contribution in [0, 0.1) is 0 Å². The lowest BCUT2D eigenvalue weighted by Crippen LogP contribution is -2.41. The van der Waals surface area contributed by atoms with E-state index in [9.17, 15) is 4.79 Å². The minimum absolute atomic E-state index is 0.0738. The summed E-state index contributed by atoms with van der Waals surface area (Å²) in [4.78, 5) is 11.8. The number of hydrogen-bond acceptors (Lipinski definition) is 2. The second-order valence-electron chi connectivity index (χ2n) is 3.73. The van der Waals surface area contributed by atoms with Gasteiger partial charge in [0, 0.05) is 13.1 Å². The molecule has 2 N–H and O–H groups in total. The maximum absolute atomic E-state index is 11.8. The van der Waals surface area contributed by atoms with Crippen LogP contribution in [-0.2, 0) is 11.2 Å². The highest BCUT2D eigenvalue weighted by Gasteiger charge is 2.24. The molecule has 1 aliphatic heterocycles. The molecule has 1 aromatic carbocycles. The summed E-state index contributed by atoms with van der Waals surface area (Å²) in [6.45, 7) is 3.49. The van der Waals surface area contributed by atoms with Gasteiger partial charge in [0.05, 0.1) is 0 Å². The lowest BCUT2D eigenvalue weighted by molar-refractivity contribution is -0.123. The largest absolute Gasteiger partial charge is 0.355 e. The maximum Gasteiger partial charge on any atom is 0.241 e. The van der Waals surface area contributed by atoms with Gasteiger partial charge in [0.15, 0.2) is 0 Å². The molecule has 0 bridgehead atoms. The van der Waals surface area contributed by atoms with Crippen molar-refractivity contribution in [1.82, 2.24) is 10.6 Å². The van der Waals surface area contributed by atoms with Crippen molar-refractivity contribution >= 4 is 5.91 Å². The van der Waals surface area contributed by atoms with Gasteiger partial charge in [0.2, 0.25) is 5.91 Å². The van der Waals surface area contributed by atoms with E-state index in [0.29, 0.717) is 6.54 Å². The molecule has 3 nitrogen and oxygen atoms in total. The summed E-state index contributed by atoms with van der Waals surface area (Å²) in [5.74, 6) is 0.0738. The summed E-state index contributed by atoms with van der Waals surface area (Å²) in [6.07, 6.45) is 1.01. The Balaban J connectivity index is 2.25. The van der Waals surface area contributed by atoms with Gasteiger partial charge in [-0.2, -0.15) is 0 Å². The first-order chi connectivity index (χ1) is 7.33. The van der Waals surface area contributed by atoms with Gasteiger partial charge in [-0.25, -0.2) is 0 Å². The number of nitrogens with one attached hydrogen (secondary N) is 2. The molecule has 0 fully saturated rings. The molecule has 0 saturated carbocycles. The molecule has 1 atom stereocenters. The topological polar surface area (TPSA) is 41.1 Å². The van der Waals surface area contributed by atoms with Crippen molar-refractivity contribution in [3.63, 3.8) is 0 Å². The van der Waals surface area contributed by atoms with Crippen molar-refractivity contribution in [2.24, 2.45) is 0 Å². The van der Waals surface area contributed by atoms with Crippen molar-refractivity contribution in [1.29, 1.82) is 0 Å². The highest BCUT2D eigenvalue weighted by molar-refractivity contribution is 5.83. The molecule has 3 heteroatoms. The van der Waals surface area contributed by atoms with Crippen LogP contribution in [-0.4, -0.2) is 19.0 Å². The van der Waals surface area contributed by atoms with E-state index >= 15 is 0 Å². The second kappa shape index (κ2) is 4.45. The highest BCUT2D eigenvalue weighted by atomic mass is 16.2. The third-order valence-electron chi connectivity index (χ3n) is 2.72. The lowest BCUT2D eigenvalue weighted by atomic mass is 9.94. The number of rotatable bonds is 2. The molecule has 1 aliphatic rings. The molecule has 15 heavy (non-hydrogen) atoms. The van der Waals surface area contributed by atoms with Crippen LogP contribution in [0.4, 0.5) is 0 Å². The molecule has 1 aromatic rings. The Kier molecular flexibility index (Phi) is 3.02. The number of amides is 1. The van der Waals surface area contributed by atoms with Crippen molar-refractivity contribution in [3.05, 3.63) is 35.4 Å². The molecule has 80 valence electrons. The number of carbonyl (C=O) groups is 1. The Labute approximate surface area is 89.9 Å². The first-order valence-corrected chi connectivity index (χ1v) is 5.42. The van der Waals surface area contributed by atoms with E-state index in [-0.39, 0.29) is 11.9 Å². The van der Waals surface area contributed by atoms with E-state index in [2.05, 4.69) is 16.7 Å². The molecule has 1 unspecified atom stereocenters. The Morgan fingerprint density at radius 3 is 3.13 bits per heavy atom. The number of carbonyl (C=O) groups excluding carboxylic acids is 1. The summed E-state index contributed by atoms with van der Waals surface area (Å²) in [5, 5.41) is 6.10. The fourth-order valence-corrected chi connectivity index (χ4v) is 2.01. The highest BCUT2D eigenvalue weighted by Crippen LogP contribution is 2.22. The molecule has 0 spiro atoms. The van der Waals surface area contributed by atoms with Crippen LogP contribution in [0.1, 0.15) is 24.1 Å². The average Bonchev–Trinajstić information content (AvgIpc) is 2.28. The summed E-state index contributed by atoms with van der Waals surface area (Å²) < 4.78 is 0. The van der Waals surface area contributed by atoms with Gasteiger partial charge in [-0.1, -0.05) is 24.3 Å². The van der Waals surface area contributed by atoms with Gasteiger partial charge in [0.25, 0.3) is 0 Å². The predicted octanol–water partition coefficient (Wildman–Crippen LogP) is 1.01. The van der Waals surface area contributed by atoms with Crippen molar-refractivity contribution < 1.29 is 4.79 Å². The van der Waals surface area contributed by atoms with Gasteiger partial charge in [-0.3, -0.25) is 4.79 Å². The summed E-state index contributed by atoms with van der Waals surface area (Å²) >= 11 is 0. The minimum Gasteiger partial charge on any atom is -0.355 e. The number of fused-ring (bicyclic) bond motifs is 1. The third kappa shape index (κ3) is 2.02. The molecule has 1 amide bonds. The summed E-state index contributed by atoms with van der Waals surface area (Å²) in [6, 6.07) is 7.97. The number of benzene rings is 1. The fourth-order valence-electron chi connectivity index (χ4n) is 2.01. The third-order valence-corrected chi connectivity index (χ3v) is 2.72. The SMILES string of the molecule is CCNC(=O)C1NCCc2ccccc21. The standard InChI is InChI=1S/C12H16N2O/c1-2-13-12(15)11-10-6-4-3-5-9(10)7-8-14-11/h3-6,11,14H,2,7-8H2,1H3,(H,13,15). The summed E-state index contributed by atoms with van der Waals surface area (Å²) in [5.41, 5.74) is 2.40. The van der Waals surface area contributed by atoms with Gasteiger partial charge in [-0.05, 0) is 24.5 Å². The Morgan fingerprint density at radius 1 is 1.53 bits per heavy atom. The van der Waals surface area contributed by atoms with E-state index in [1.165, 1.54) is 5.56 Å². The maximum atomic E-state index is 11.8. The quantitative estimate of drug-likeness (QED) is 0.755. The van der Waals surface area contributed by atoms with Crippen molar-refractivity contribution in [2.45, 2.75) is 19.4 Å². The Bertz CT molecular complexity index is 362. The van der Waals surface area contributed by atoms with Gasteiger partial charge < -0.3 is 10.6 Å². The molecule has 2 rings (SSSR count). The molecular weight excluding hydrogens is 188 g/mol. The molecule has 1 heterocycles. The van der Waals surface area contributed by atoms with Crippen LogP contribution in [0.5, 0.6) is 0 Å². The van der Waals surface area contributed by atoms with E-state index in [0.717, 1.165) is 18.5 Å². The molecule has 0 radical (unpaired) electrons. The first-order valence-electron chi connectivity index (χ1n) is 5.42. The normalized spacial score (nSPS) is 19.4. The van der Waals surface area contributed by atoms with E-state index in [4.69, 9.17) is 0 Å². The van der Waals surface area contributed by atoms with Crippen LogP contribution < -0.4 is 10.6 Å². The zero-order valence-electron chi connectivity index (χ0n) is 8.92. The average molecular weight is 204 g/mol. The van der Waals surface area contributed by atoms with Crippen LogP contribution >= 0.6 is 0 Å². The van der Waals surface area contributed by atoms with E-state index < -0.39 is 0 Å². The van der Waals surface area contributed by atoms with Gasteiger partial charge >= 0.3 is 0 Å². The molecule has 0 aliphatic carbocycles. The minimum atomic E-state index is -0.171. The van der Waals surface area contributed by atoms with Crippen LogP contribution in [0.3, 0.4) is 0 Å². The van der Waals surface area contributed by atoms with E-state index in [1.54, 1.807) is 0 Å². The fraction of sp³-hybridized carbons (Fsp3) is 0.417. The van der Waals surface area contributed by atoms with Gasteiger partial charge in [-0.15, -0.1) is 0 Å². The monoisotopic (exact) mass is 204 g/mol. The number of likely N-dealkylation sites (N-methyl/N-ethyl adjacent to an activating group) is 1. The van der Waals surface area contributed by atoms with Gasteiger partial charge in [0.1, 0.15) is 6.04 Å². The van der Waals surface area contributed by atoms with Crippen molar-refractivity contribution in [2.75, 3.05) is 13.1 Å². The Morgan fingerprint density at radius 2 is 2.33 bits per heavy atom. The van der Waals surface area contributed by atoms with Crippen LogP contribution in [0.2, 0.25) is 0 Å². The lowest BCUT2D eigenvalue weighted by Gasteiger charge is -2.25. The van der Waals surface area contributed by atoms with Crippen LogP contribution in [0.25, 0.3) is 0 Å². The smallest absolute Gasteiger partial charge is 0.241 e. The molecule has 0 aromatic heterocycles. The summed E-state index contributed by atoms with van der Waals surface area (Å²) in [7, 11) is 0. The number of hydrogen-bond donors (Lipinski definition) is 2. The zero-order chi connectivity index (χ0) is 10.7. The Hall–Kier alpha value is -1.35. The predicted molar refractivity (Wildman–Crippen MR) is 59.6 cm³/mol. The van der Waals surface area contributed by atoms with Crippen LogP contribution in [0.15, 0.2) is 24.3 Å². The van der Waals surface area contributed by atoms with E-state index in [1.807, 2.05) is 25.1 Å². The first kappa shape index (κ1) is 10.2. The zero-order valence-corrected chi connectivity index (χ0v) is 8.92. The second-order valence-corrected chi connectivity index (χ2v) is 3.73. The molecule has 0 saturated heterocycles. The van der Waals surface area contributed by atoms with Crippen molar-refractivity contribution in [3.8, 4) is 0 Å². The molecular formula is C12H16N2O.